The second-order valence-electron chi connectivity index (χ2n) is 5.52. The van der Waals surface area contributed by atoms with Gasteiger partial charge in [-0.25, -0.2) is 4.98 Å². The van der Waals surface area contributed by atoms with E-state index in [0.717, 1.165) is 11.0 Å². The van der Waals surface area contributed by atoms with Crippen molar-refractivity contribution in [3.05, 3.63) is 36.3 Å². The van der Waals surface area contributed by atoms with E-state index in [1.165, 1.54) is 42.4 Å². The third-order valence-corrected chi connectivity index (χ3v) is 4.36. The van der Waals surface area contributed by atoms with Crippen LogP contribution in [0.25, 0.3) is 21.9 Å². The normalized spacial score (nSPS) is 16.7. The van der Waals surface area contributed by atoms with Crippen LogP contribution in [0.3, 0.4) is 0 Å². The van der Waals surface area contributed by atoms with Crippen molar-refractivity contribution < 1.29 is 0 Å². The monoisotopic (exact) mass is 251 g/mol. The van der Waals surface area contributed by atoms with Gasteiger partial charge in [0.2, 0.25) is 0 Å². The Balaban J connectivity index is 2.03. The maximum atomic E-state index is 4.84. The van der Waals surface area contributed by atoms with Gasteiger partial charge < -0.3 is 4.57 Å². The average molecular weight is 251 g/mol. The van der Waals surface area contributed by atoms with Crippen LogP contribution in [0, 0.1) is 0 Å². The molecule has 0 aliphatic heterocycles. The van der Waals surface area contributed by atoms with Crippen LogP contribution >= 0.6 is 0 Å². The molecule has 1 saturated carbocycles. The number of aromatic nitrogens is 3. The van der Waals surface area contributed by atoms with E-state index in [1.54, 1.807) is 0 Å². The largest absolute Gasteiger partial charge is 0.330 e. The Morgan fingerprint density at radius 2 is 1.89 bits per heavy atom. The molecule has 0 bridgehead atoms. The SMILES string of the molecule is Cn1c(C2CCCC2)nc2cnc3ccccc3c21. The molecule has 0 spiro atoms. The van der Waals surface area contributed by atoms with E-state index in [0.29, 0.717) is 5.92 Å². The van der Waals surface area contributed by atoms with Crippen LogP contribution in [0.1, 0.15) is 37.4 Å². The first-order valence-corrected chi connectivity index (χ1v) is 7.04. The number of hydrogen-bond acceptors (Lipinski definition) is 2. The number of benzene rings is 1. The van der Waals surface area contributed by atoms with Crippen LogP contribution in [-0.4, -0.2) is 14.5 Å². The first-order valence-electron chi connectivity index (χ1n) is 7.04. The quantitative estimate of drug-likeness (QED) is 0.659. The smallest absolute Gasteiger partial charge is 0.112 e. The molecule has 1 aliphatic rings. The number of nitrogens with zero attached hydrogens (tertiary/aromatic N) is 3. The fourth-order valence-electron chi connectivity index (χ4n) is 3.41. The Hall–Kier alpha value is -1.90. The lowest BCUT2D eigenvalue weighted by molar-refractivity contribution is 0.639. The zero-order valence-corrected chi connectivity index (χ0v) is 11.1. The number of imidazole rings is 1. The van der Waals surface area contributed by atoms with Crippen LogP contribution in [-0.2, 0) is 7.05 Å². The van der Waals surface area contributed by atoms with Gasteiger partial charge in [0.15, 0.2) is 0 Å². The molecule has 0 saturated heterocycles. The van der Waals surface area contributed by atoms with E-state index in [2.05, 4.69) is 34.8 Å². The molecule has 2 aromatic heterocycles. The molecule has 19 heavy (non-hydrogen) atoms. The molecule has 1 aromatic carbocycles. The van der Waals surface area contributed by atoms with Gasteiger partial charge in [0.05, 0.1) is 17.2 Å². The third-order valence-electron chi connectivity index (χ3n) is 4.36. The molecule has 3 heteroatoms. The maximum absolute atomic E-state index is 4.84. The average Bonchev–Trinajstić information content (AvgIpc) is 3.06. The number of para-hydroxylation sites is 1. The van der Waals surface area contributed by atoms with Crippen molar-refractivity contribution in [1.29, 1.82) is 0 Å². The van der Waals surface area contributed by atoms with Gasteiger partial charge in [-0.1, -0.05) is 31.0 Å². The van der Waals surface area contributed by atoms with Gasteiger partial charge in [0.25, 0.3) is 0 Å². The van der Waals surface area contributed by atoms with Crippen molar-refractivity contribution in [3.8, 4) is 0 Å². The summed E-state index contributed by atoms with van der Waals surface area (Å²) in [6.45, 7) is 0. The lowest BCUT2D eigenvalue weighted by Crippen LogP contribution is -2.02. The molecule has 0 atom stereocenters. The van der Waals surface area contributed by atoms with Gasteiger partial charge in [0.1, 0.15) is 11.3 Å². The summed E-state index contributed by atoms with van der Waals surface area (Å²) in [4.78, 5) is 9.36. The van der Waals surface area contributed by atoms with E-state index in [-0.39, 0.29) is 0 Å². The first kappa shape index (κ1) is 11.0. The first-order chi connectivity index (χ1) is 9.34. The molecule has 0 unspecified atom stereocenters. The molecule has 3 nitrogen and oxygen atoms in total. The Morgan fingerprint density at radius 1 is 1.11 bits per heavy atom. The third kappa shape index (κ3) is 1.57. The Labute approximate surface area is 112 Å². The number of hydrogen-bond donors (Lipinski definition) is 0. The summed E-state index contributed by atoms with van der Waals surface area (Å²) in [5, 5.41) is 1.21. The lowest BCUT2D eigenvalue weighted by Gasteiger charge is -2.09. The van der Waals surface area contributed by atoms with Gasteiger partial charge in [0, 0.05) is 18.4 Å². The number of rotatable bonds is 1. The van der Waals surface area contributed by atoms with E-state index >= 15 is 0 Å². The standard InChI is InChI=1S/C16H17N3/c1-19-15-12-8-4-5-9-13(12)17-10-14(15)18-16(19)11-6-2-3-7-11/h4-5,8-11H,2-3,6-7H2,1H3. The summed E-state index contributed by atoms with van der Waals surface area (Å²) in [6, 6.07) is 8.32. The van der Waals surface area contributed by atoms with Crippen molar-refractivity contribution in [2.75, 3.05) is 0 Å². The highest BCUT2D eigenvalue weighted by Gasteiger charge is 2.23. The Kier molecular flexibility index (Phi) is 2.34. The minimum atomic E-state index is 0.635. The van der Waals surface area contributed by atoms with Gasteiger partial charge in [-0.2, -0.15) is 0 Å². The molecule has 0 N–H and O–H groups in total. The zero-order valence-electron chi connectivity index (χ0n) is 11.1. The molecule has 4 rings (SSSR count). The highest BCUT2D eigenvalue weighted by atomic mass is 15.1. The van der Waals surface area contributed by atoms with Crippen LogP contribution in [0.2, 0.25) is 0 Å². The highest BCUT2D eigenvalue weighted by molar-refractivity contribution is 6.02. The lowest BCUT2D eigenvalue weighted by atomic mass is 10.1. The number of aryl methyl sites for hydroxylation is 1. The van der Waals surface area contributed by atoms with Gasteiger partial charge in [-0.05, 0) is 18.9 Å². The van der Waals surface area contributed by atoms with Crippen LogP contribution in [0.4, 0.5) is 0 Å². The Morgan fingerprint density at radius 3 is 2.74 bits per heavy atom. The van der Waals surface area contributed by atoms with Crippen LogP contribution < -0.4 is 0 Å². The van der Waals surface area contributed by atoms with Crippen molar-refractivity contribution in [3.63, 3.8) is 0 Å². The second kappa shape index (κ2) is 4.05. The van der Waals surface area contributed by atoms with E-state index in [9.17, 15) is 0 Å². The summed E-state index contributed by atoms with van der Waals surface area (Å²) in [6.07, 6.45) is 7.15. The second-order valence-corrected chi connectivity index (χ2v) is 5.52. The van der Waals surface area contributed by atoms with E-state index < -0.39 is 0 Å². The number of fused-ring (bicyclic) bond motifs is 3. The Bertz CT molecular complexity index is 751. The van der Waals surface area contributed by atoms with Crippen molar-refractivity contribution in [2.24, 2.45) is 7.05 Å². The van der Waals surface area contributed by atoms with Crippen molar-refractivity contribution >= 4 is 21.9 Å². The van der Waals surface area contributed by atoms with E-state index in [4.69, 9.17) is 4.98 Å². The number of pyridine rings is 1. The van der Waals surface area contributed by atoms with Gasteiger partial charge in [-0.3, -0.25) is 4.98 Å². The summed E-state index contributed by atoms with van der Waals surface area (Å²) < 4.78 is 2.29. The van der Waals surface area contributed by atoms with Gasteiger partial charge in [-0.15, -0.1) is 0 Å². The molecule has 1 aliphatic carbocycles. The van der Waals surface area contributed by atoms with Crippen molar-refractivity contribution in [2.45, 2.75) is 31.6 Å². The van der Waals surface area contributed by atoms with Gasteiger partial charge >= 0.3 is 0 Å². The minimum Gasteiger partial charge on any atom is -0.330 e. The molecular weight excluding hydrogens is 234 g/mol. The predicted octanol–water partition coefficient (Wildman–Crippen LogP) is 3.78. The highest BCUT2D eigenvalue weighted by Crippen LogP contribution is 2.35. The van der Waals surface area contributed by atoms with Crippen LogP contribution in [0.15, 0.2) is 30.5 Å². The van der Waals surface area contributed by atoms with Crippen molar-refractivity contribution in [1.82, 2.24) is 14.5 Å². The summed E-state index contributed by atoms with van der Waals surface area (Å²) >= 11 is 0. The van der Waals surface area contributed by atoms with E-state index in [1.807, 2.05) is 12.3 Å². The molecule has 3 aromatic rings. The minimum absolute atomic E-state index is 0.635. The fraction of sp³-hybridized carbons (Fsp3) is 0.375. The molecular formula is C16H17N3. The zero-order chi connectivity index (χ0) is 12.8. The molecule has 2 heterocycles. The molecule has 96 valence electrons. The molecule has 1 fully saturated rings. The van der Waals surface area contributed by atoms with Crippen LogP contribution in [0.5, 0.6) is 0 Å². The summed E-state index contributed by atoms with van der Waals surface area (Å²) in [7, 11) is 2.15. The summed E-state index contributed by atoms with van der Waals surface area (Å²) in [5.41, 5.74) is 3.31. The fourth-order valence-corrected chi connectivity index (χ4v) is 3.41. The topological polar surface area (TPSA) is 30.7 Å². The predicted molar refractivity (Wildman–Crippen MR) is 77.2 cm³/mol. The molecule has 0 amide bonds. The molecule has 0 radical (unpaired) electrons. The maximum Gasteiger partial charge on any atom is 0.112 e. The summed E-state index contributed by atoms with van der Waals surface area (Å²) in [5.74, 6) is 1.88.